The van der Waals surface area contributed by atoms with Gasteiger partial charge in [-0.25, -0.2) is 4.98 Å². The van der Waals surface area contributed by atoms with Crippen molar-refractivity contribution in [3.63, 3.8) is 0 Å². The zero-order valence-electron chi connectivity index (χ0n) is 5.44. The van der Waals surface area contributed by atoms with Gasteiger partial charge < -0.3 is 5.73 Å². The third-order valence-electron chi connectivity index (χ3n) is 1.03. The highest BCUT2D eigenvalue weighted by Crippen LogP contribution is 2.15. The molecule has 1 aromatic rings. The first-order valence-electron chi connectivity index (χ1n) is 2.77. The molecule has 58 valence electrons. The number of rotatable bonds is 1. The van der Waals surface area contributed by atoms with Crippen LogP contribution >= 0.6 is 27.5 Å². The molecule has 0 saturated heterocycles. The Morgan fingerprint density at radius 3 is 2.73 bits per heavy atom. The van der Waals surface area contributed by atoms with Crippen molar-refractivity contribution in [3.05, 3.63) is 27.5 Å². The number of nitrogen functional groups attached to an aromatic ring is 1. The van der Waals surface area contributed by atoms with Gasteiger partial charge in [0, 0.05) is 4.47 Å². The Labute approximate surface area is 77.2 Å². The van der Waals surface area contributed by atoms with Crippen molar-refractivity contribution in [2.24, 2.45) is 5.73 Å². The van der Waals surface area contributed by atoms with Crippen LogP contribution in [0, 0.1) is 5.41 Å². The molecule has 0 aliphatic carbocycles. The van der Waals surface area contributed by atoms with Crippen LogP contribution in [0.25, 0.3) is 0 Å². The van der Waals surface area contributed by atoms with Gasteiger partial charge in [-0.2, -0.15) is 0 Å². The van der Waals surface area contributed by atoms with Gasteiger partial charge in [-0.3, -0.25) is 5.41 Å². The molecule has 0 spiro atoms. The van der Waals surface area contributed by atoms with E-state index < -0.39 is 0 Å². The van der Waals surface area contributed by atoms with Gasteiger partial charge in [0.05, 0.1) is 0 Å². The largest absolute Gasteiger partial charge is 0.382 e. The van der Waals surface area contributed by atoms with Crippen molar-refractivity contribution >= 4 is 33.4 Å². The summed E-state index contributed by atoms with van der Waals surface area (Å²) in [5.41, 5.74) is 5.57. The van der Waals surface area contributed by atoms with Crippen molar-refractivity contribution in [1.29, 1.82) is 5.41 Å². The quantitative estimate of drug-likeness (QED) is 0.442. The summed E-state index contributed by atoms with van der Waals surface area (Å²) in [6.45, 7) is 0. The molecule has 0 saturated carbocycles. The molecule has 0 radical (unpaired) electrons. The van der Waals surface area contributed by atoms with Crippen LogP contribution in [-0.2, 0) is 0 Å². The number of aromatic nitrogens is 1. The average molecular weight is 234 g/mol. The molecule has 0 atom stereocenters. The van der Waals surface area contributed by atoms with E-state index in [9.17, 15) is 0 Å². The molecule has 0 aromatic carbocycles. The maximum atomic E-state index is 7.06. The third kappa shape index (κ3) is 2.17. The molecule has 11 heavy (non-hydrogen) atoms. The van der Waals surface area contributed by atoms with E-state index in [-0.39, 0.29) is 5.84 Å². The van der Waals surface area contributed by atoms with E-state index in [2.05, 4.69) is 20.9 Å². The Morgan fingerprint density at radius 1 is 1.64 bits per heavy atom. The summed E-state index contributed by atoms with van der Waals surface area (Å²) >= 11 is 8.81. The lowest BCUT2D eigenvalue weighted by Crippen LogP contribution is -2.12. The minimum absolute atomic E-state index is 0.0896. The van der Waals surface area contributed by atoms with Gasteiger partial charge >= 0.3 is 0 Å². The second-order valence-electron chi connectivity index (χ2n) is 1.91. The third-order valence-corrected chi connectivity index (χ3v) is 1.69. The lowest BCUT2D eigenvalue weighted by molar-refractivity contribution is 1.25. The number of nitrogens with one attached hydrogen (secondary N) is 1. The van der Waals surface area contributed by atoms with Crippen LogP contribution in [0.15, 0.2) is 16.6 Å². The highest BCUT2D eigenvalue weighted by atomic mass is 79.9. The van der Waals surface area contributed by atoms with Crippen LogP contribution < -0.4 is 5.73 Å². The van der Waals surface area contributed by atoms with E-state index in [0.29, 0.717) is 10.8 Å². The summed E-state index contributed by atoms with van der Waals surface area (Å²) in [6.07, 6.45) is 0. The van der Waals surface area contributed by atoms with Gasteiger partial charge in [-0.15, -0.1) is 0 Å². The normalized spacial score (nSPS) is 9.64. The summed E-state index contributed by atoms with van der Waals surface area (Å²) in [6, 6.07) is 3.27. The number of amidine groups is 1. The summed E-state index contributed by atoms with van der Waals surface area (Å²) in [5.74, 6) is -0.0896. The molecule has 5 heteroatoms. The Hall–Kier alpha value is -0.610. The molecule has 3 nitrogen and oxygen atoms in total. The van der Waals surface area contributed by atoms with Gasteiger partial charge in [0.2, 0.25) is 0 Å². The molecule has 0 aliphatic heterocycles. The lowest BCUT2D eigenvalue weighted by atomic mass is 10.3. The smallest absolute Gasteiger partial charge is 0.141 e. The average Bonchev–Trinajstić information content (AvgIpc) is 1.85. The molecule has 3 N–H and O–H groups in total. The van der Waals surface area contributed by atoms with Crippen molar-refractivity contribution < 1.29 is 0 Å². The number of nitrogens with zero attached hydrogens (tertiary/aromatic N) is 1. The fourth-order valence-corrected chi connectivity index (χ4v) is 1.38. The van der Waals surface area contributed by atoms with Gasteiger partial charge in [0.1, 0.15) is 16.7 Å². The summed E-state index contributed by atoms with van der Waals surface area (Å²) in [4.78, 5) is 3.82. The number of pyridine rings is 1. The van der Waals surface area contributed by atoms with Crippen molar-refractivity contribution in [3.8, 4) is 0 Å². The molecule has 0 bridgehead atoms. The topological polar surface area (TPSA) is 62.8 Å². The standard InChI is InChI=1S/C6H5BrClN3/c7-3-1-4(6(9)10)11-5(8)2-3/h1-2H,(H3,9,10). The fraction of sp³-hybridized carbons (Fsp3) is 0. The van der Waals surface area contributed by atoms with Crippen LogP contribution in [0.5, 0.6) is 0 Å². The first kappa shape index (κ1) is 8.49. The monoisotopic (exact) mass is 233 g/mol. The van der Waals surface area contributed by atoms with E-state index in [0.717, 1.165) is 4.47 Å². The summed E-state index contributed by atoms with van der Waals surface area (Å²) < 4.78 is 0.766. The van der Waals surface area contributed by atoms with Gasteiger partial charge in [0.15, 0.2) is 0 Å². The molecule has 1 heterocycles. The molecule has 1 aromatic heterocycles. The number of hydrogen-bond donors (Lipinski definition) is 2. The van der Waals surface area contributed by atoms with Gasteiger partial charge in [-0.05, 0) is 12.1 Å². The maximum Gasteiger partial charge on any atom is 0.141 e. The van der Waals surface area contributed by atoms with E-state index in [1.165, 1.54) is 0 Å². The second-order valence-corrected chi connectivity index (χ2v) is 3.21. The molecule has 1 rings (SSSR count). The van der Waals surface area contributed by atoms with E-state index >= 15 is 0 Å². The zero-order valence-corrected chi connectivity index (χ0v) is 7.78. The predicted molar refractivity (Wildman–Crippen MR) is 48.0 cm³/mol. The molecule has 0 aliphatic rings. The Bertz CT molecular complexity index is 280. The first-order chi connectivity index (χ1) is 5.09. The minimum atomic E-state index is -0.0896. The van der Waals surface area contributed by atoms with Gasteiger partial charge in [-0.1, -0.05) is 27.5 Å². The Balaban J connectivity index is 3.19. The SMILES string of the molecule is N=C(N)c1cc(Br)cc(Cl)n1. The molecule has 0 fully saturated rings. The molecule has 0 unspecified atom stereocenters. The van der Waals surface area contributed by atoms with E-state index in [1.54, 1.807) is 12.1 Å². The zero-order chi connectivity index (χ0) is 8.43. The van der Waals surface area contributed by atoms with Crippen molar-refractivity contribution in [1.82, 2.24) is 4.98 Å². The predicted octanol–water partition coefficient (Wildman–Crippen LogP) is 1.78. The second kappa shape index (κ2) is 3.19. The molecular weight excluding hydrogens is 229 g/mol. The van der Waals surface area contributed by atoms with E-state index in [4.69, 9.17) is 22.7 Å². The lowest BCUT2D eigenvalue weighted by Gasteiger charge is -1.98. The van der Waals surface area contributed by atoms with Crippen LogP contribution in [0.4, 0.5) is 0 Å². The van der Waals surface area contributed by atoms with Crippen LogP contribution in [0.3, 0.4) is 0 Å². The highest BCUT2D eigenvalue weighted by molar-refractivity contribution is 9.10. The number of halogens is 2. The number of nitrogens with two attached hydrogens (primary N) is 1. The van der Waals surface area contributed by atoms with Gasteiger partial charge in [0.25, 0.3) is 0 Å². The summed E-state index contributed by atoms with van der Waals surface area (Å²) in [7, 11) is 0. The highest BCUT2D eigenvalue weighted by Gasteiger charge is 2.00. The minimum Gasteiger partial charge on any atom is -0.382 e. The number of hydrogen-bond acceptors (Lipinski definition) is 2. The molecule has 0 amide bonds. The fourth-order valence-electron chi connectivity index (χ4n) is 0.604. The van der Waals surface area contributed by atoms with Crippen LogP contribution in [0.1, 0.15) is 5.69 Å². The first-order valence-corrected chi connectivity index (χ1v) is 3.94. The Morgan fingerprint density at radius 2 is 2.27 bits per heavy atom. The van der Waals surface area contributed by atoms with Crippen LogP contribution in [-0.4, -0.2) is 10.8 Å². The summed E-state index contributed by atoms with van der Waals surface area (Å²) in [5, 5.41) is 7.39. The maximum absolute atomic E-state index is 7.06. The van der Waals surface area contributed by atoms with Crippen molar-refractivity contribution in [2.75, 3.05) is 0 Å². The van der Waals surface area contributed by atoms with E-state index in [1.807, 2.05) is 0 Å². The van der Waals surface area contributed by atoms with Crippen molar-refractivity contribution in [2.45, 2.75) is 0 Å². The Kier molecular flexibility index (Phi) is 2.46. The molecular formula is C6H5BrClN3. The van der Waals surface area contributed by atoms with Crippen LogP contribution in [0.2, 0.25) is 5.15 Å².